The number of hydrogen-bond donors (Lipinski definition) is 1. The van der Waals surface area contributed by atoms with E-state index in [0.717, 1.165) is 27.8 Å². The van der Waals surface area contributed by atoms with Gasteiger partial charge in [0.1, 0.15) is 11.3 Å². The molecule has 1 amide bonds. The molecule has 1 N–H and O–H groups in total. The molecule has 8 nitrogen and oxygen atoms in total. The van der Waals surface area contributed by atoms with E-state index >= 15 is 0 Å². The molecule has 5 rings (SSSR count). The van der Waals surface area contributed by atoms with E-state index in [9.17, 15) is 9.59 Å². The first-order chi connectivity index (χ1) is 16.0. The molecule has 0 saturated heterocycles. The highest BCUT2D eigenvalue weighted by Crippen LogP contribution is 2.25. The van der Waals surface area contributed by atoms with E-state index in [1.165, 1.54) is 0 Å². The third-order valence-electron chi connectivity index (χ3n) is 5.84. The number of amides is 1. The number of ether oxygens (including phenoxy) is 1. The minimum atomic E-state index is -0.939. The predicted octanol–water partition coefficient (Wildman–Crippen LogP) is 4.27. The van der Waals surface area contributed by atoms with E-state index in [4.69, 9.17) is 14.3 Å². The molecule has 3 heterocycles. The number of hydrogen-bond acceptors (Lipinski definition) is 6. The summed E-state index contributed by atoms with van der Waals surface area (Å²) in [6, 6.07) is 16.4. The molecular weight excluding hydrogens is 422 g/mol. The van der Waals surface area contributed by atoms with Gasteiger partial charge in [-0.3, -0.25) is 0 Å². The minimum Gasteiger partial charge on any atom is -0.478 e. The van der Waals surface area contributed by atoms with Gasteiger partial charge >= 0.3 is 12.1 Å². The lowest BCUT2D eigenvalue weighted by Gasteiger charge is -2.34. The molecule has 0 atom stereocenters. The van der Waals surface area contributed by atoms with E-state index in [2.05, 4.69) is 9.89 Å². The summed E-state index contributed by atoms with van der Waals surface area (Å²) in [6.07, 6.45) is 2.14. The normalized spacial score (nSPS) is 15.6. The lowest BCUT2D eigenvalue weighted by molar-refractivity contribution is 0.0696. The first-order valence-corrected chi connectivity index (χ1v) is 10.8. The second-order valence-electron chi connectivity index (χ2n) is 8.18. The first kappa shape index (κ1) is 20.8. The summed E-state index contributed by atoms with van der Waals surface area (Å²) < 4.78 is 11.2. The quantitative estimate of drug-likeness (QED) is 0.630. The van der Waals surface area contributed by atoms with E-state index < -0.39 is 5.97 Å². The third kappa shape index (κ3) is 4.59. The van der Waals surface area contributed by atoms with Crippen molar-refractivity contribution in [2.75, 3.05) is 19.6 Å². The van der Waals surface area contributed by atoms with Crippen LogP contribution in [0.15, 0.2) is 75.3 Å². The van der Waals surface area contributed by atoms with E-state index in [1.54, 1.807) is 17.0 Å². The van der Waals surface area contributed by atoms with Crippen LogP contribution < -0.4 is 0 Å². The number of carbonyl (C=O) groups excluding carboxylic acids is 1. The van der Waals surface area contributed by atoms with E-state index in [-0.39, 0.29) is 18.3 Å². The maximum absolute atomic E-state index is 12.7. The molecule has 168 valence electrons. The average Bonchev–Trinajstić information content (AvgIpc) is 3.25. The number of furan rings is 1. The lowest BCUT2D eigenvalue weighted by atomic mass is 10.0. The number of carbonyl (C=O) groups is 2. The molecule has 0 bridgehead atoms. The highest BCUT2D eigenvalue weighted by Gasteiger charge is 2.26. The fourth-order valence-corrected chi connectivity index (χ4v) is 4.12. The Labute approximate surface area is 190 Å². The molecule has 0 aliphatic carbocycles. The number of para-hydroxylation sites is 1. The van der Waals surface area contributed by atoms with Crippen molar-refractivity contribution in [2.24, 2.45) is 4.99 Å². The fourth-order valence-electron chi connectivity index (χ4n) is 4.12. The van der Waals surface area contributed by atoms with Gasteiger partial charge in [-0.15, -0.1) is 0 Å². The van der Waals surface area contributed by atoms with Crippen molar-refractivity contribution in [1.29, 1.82) is 0 Å². The van der Waals surface area contributed by atoms with Crippen molar-refractivity contribution in [1.82, 2.24) is 9.80 Å². The summed E-state index contributed by atoms with van der Waals surface area (Å²) in [4.78, 5) is 32.0. The Morgan fingerprint density at radius 1 is 1.09 bits per heavy atom. The Morgan fingerprint density at radius 3 is 2.70 bits per heavy atom. The number of aromatic carboxylic acids is 1. The molecule has 0 spiro atoms. The van der Waals surface area contributed by atoms with Crippen LogP contribution in [0.25, 0.3) is 11.0 Å². The Bertz CT molecular complexity index is 1230. The summed E-state index contributed by atoms with van der Waals surface area (Å²) in [5.41, 5.74) is 4.14. The molecule has 3 aromatic rings. The molecule has 0 radical (unpaired) electrons. The number of aliphatic imine (C=N–C) groups is 1. The summed E-state index contributed by atoms with van der Waals surface area (Å²) in [6.45, 7) is 2.39. The van der Waals surface area contributed by atoms with Gasteiger partial charge in [0.05, 0.1) is 11.9 Å². The van der Waals surface area contributed by atoms with Crippen molar-refractivity contribution in [3.8, 4) is 0 Å². The van der Waals surface area contributed by atoms with Gasteiger partial charge in [0.15, 0.2) is 6.61 Å². The fraction of sp³-hybridized carbons (Fsp3) is 0.240. The van der Waals surface area contributed by atoms with Gasteiger partial charge < -0.3 is 24.1 Å². The second-order valence-corrected chi connectivity index (χ2v) is 8.18. The highest BCUT2D eigenvalue weighted by molar-refractivity contribution is 5.87. The standard InChI is InChI=1S/C25H23N3O5/c29-24(30)18-7-5-17(6-8-18)12-27-13-20-14-28(10-9-22(20)26-16-27)25(31)32-15-21-11-19-3-1-2-4-23(19)33-21/h1-8,11,16H,9-10,12-15H2,(H,29,30). The maximum atomic E-state index is 12.7. The number of benzene rings is 2. The van der Waals surface area contributed by atoms with Gasteiger partial charge in [0, 0.05) is 43.7 Å². The van der Waals surface area contributed by atoms with Crippen LogP contribution in [0.4, 0.5) is 4.79 Å². The maximum Gasteiger partial charge on any atom is 0.410 e. The molecule has 0 unspecified atom stereocenters. The molecule has 2 aliphatic rings. The smallest absolute Gasteiger partial charge is 0.410 e. The summed E-state index contributed by atoms with van der Waals surface area (Å²) in [7, 11) is 0. The zero-order valence-corrected chi connectivity index (χ0v) is 17.9. The molecule has 0 saturated carbocycles. The summed E-state index contributed by atoms with van der Waals surface area (Å²) >= 11 is 0. The number of carboxylic acids is 1. The number of nitrogens with zero attached hydrogens (tertiary/aromatic N) is 3. The molecule has 8 heteroatoms. The highest BCUT2D eigenvalue weighted by atomic mass is 16.6. The molecule has 2 aliphatic heterocycles. The Morgan fingerprint density at radius 2 is 1.91 bits per heavy atom. The SMILES string of the molecule is O=C(O)c1ccc(CN2C=NC3=C(C2)CN(C(=O)OCc2cc4ccccc4o2)CC3)cc1. The van der Waals surface area contributed by atoms with Crippen LogP contribution in [0.1, 0.15) is 28.1 Å². The van der Waals surface area contributed by atoms with Crippen molar-refractivity contribution in [3.63, 3.8) is 0 Å². The largest absolute Gasteiger partial charge is 0.478 e. The predicted molar refractivity (Wildman–Crippen MR) is 122 cm³/mol. The average molecular weight is 445 g/mol. The van der Waals surface area contributed by atoms with Crippen LogP contribution in [0.3, 0.4) is 0 Å². The monoisotopic (exact) mass is 445 g/mol. The van der Waals surface area contributed by atoms with Crippen LogP contribution in [0, 0.1) is 0 Å². The van der Waals surface area contributed by atoms with Crippen molar-refractivity contribution < 1.29 is 23.8 Å². The van der Waals surface area contributed by atoms with Crippen LogP contribution in [0.2, 0.25) is 0 Å². The van der Waals surface area contributed by atoms with Crippen LogP contribution in [-0.2, 0) is 17.9 Å². The molecule has 33 heavy (non-hydrogen) atoms. The first-order valence-electron chi connectivity index (χ1n) is 10.8. The van der Waals surface area contributed by atoms with Crippen LogP contribution >= 0.6 is 0 Å². The number of rotatable bonds is 5. The Hall–Kier alpha value is -4.07. The number of carboxylic acid groups (broad SMARTS) is 1. The zero-order valence-electron chi connectivity index (χ0n) is 17.9. The molecule has 2 aromatic carbocycles. The Kier molecular flexibility index (Phi) is 5.56. The van der Waals surface area contributed by atoms with E-state index in [1.807, 2.05) is 48.8 Å². The topological polar surface area (TPSA) is 95.6 Å². The minimum absolute atomic E-state index is 0.0898. The van der Waals surface area contributed by atoms with Crippen molar-refractivity contribution >= 4 is 29.4 Å². The van der Waals surface area contributed by atoms with Gasteiger partial charge in [0.2, 0.25) is 0 Å². The second kappa shape index (κ2) is 8.82. The molecule has 1 aromatic heterocycles. The van der Waals surface area contributed by atoms with Crippen LogP contribution in [-0.4, -0.2) is 52.9 Å². The number of fused-ring (bicyclic) bond motifs is 1. The lowest BCUT2D eigenvalue weighted by Crippen LogP contribution is -2.41. The summed E-state index contributed by atoms with van der Waals surface area (Å²) in [5.74, 6) is -0.325. The molecular formula is C25H23N3O5. The van der Waals surface area contributed by atoms with E-state index in [0.29, 0.717) is 38.4 Å². The summed E-state index contributed by atoms with van der Waals surface area (Å²) in [5, 5.41) is 10.0. The van der Waals surface area contributed by atoms with Gasteiger partial charge in [-0.1, -0.05) is 30.3 Å². The van der Waals surface area contributed by atoms with Gasteiger partial charge in [-0.25, -0.2) is 14.6 Å². The Balaban J connectivity index is 1.17. The van der Waals surface area contributed by atoms with Gasteiger partial charge in [0.25, 0.3) is 0 Å². The van der Waals surface area contributed by atoms with Gasteiger partial charge in [-0.2, -0.15) is 0 Å². The van der Waals surface area contributed by atoms with Gasteiger partial charge in [-0.05, 0) is 35.4 Å². The zero-order chi connectivity index (χ0) is 22.8. The van der Waals surface area contributed by atoms with Crippen molar-refractivity contribution in [2.45, 2.75) is 19.6 Å². The third-order valence-corrected chi connectivity index (χ3v) is 5.84. The van der Waals surface area contributed by atoms with Crippen molar-refractivity contribution in [3.05, 3.63) is 82.8 Å². The molecule has 0 fully saturated rings. The van der Waals surface area contributed by atoms with Crippen LogP contribution in [0.5, 0.6) is 0 Å².